The number of carbonyl (C=O) groups is 2. The van der Waals surface area contributed by atoms with Crippen LogP contribution in [-0.2, 0) is 18.2 Å². The molecule has 0 aliphatic heterocycles. The highest BCUT2D eigenvalue weighted by Crippen LogP contribution is 2.30. The zero-order valence-electron chi connectivity index (χ0n) is 19.0. The molecule has 2 aromatic heterocycles. The number of benzene rings is 1. The van der Waals surface area contributed by atoms with E-state index < -0.39 is 11.7 Å². The number of hydrogen-bond acceptors (Lipinski definition) is 6. The van der Waals surface area contributed by atoms with Crippen LogP contribution >= 0.6 is 11.3 Å². The van der Waals surface area contributed by atoms with Crippen molar-refractivity contribution < 1.29 is 14.3 Å². The molecule has 32 heavy (non-hydrogen) atoms. The van der Waals surface area contributed by atoms with Crippen LogP contribution in [0, 0.1) is 6.92 Å². The van der Waals surface area contributed by atoms with Gasteiger partial charge in [0, 0.05) is 24.0 Å². The first-order chi connectivity index (χ1) is 15.1. The highest BCUT2D eigenvalue weighted by Gasteiger charge is 2.21. The summed E-state index contributed by atoms with van der Waals surface area (Å²) in [7, 11) is 1.82. The predicted octanol–water partition coefficient (Wildman–Crippen LogP) is 3.72. The van der Waals surface area contributed by atoms with Crippen LogP contribution in [0.3, 0.4) is 0 Å². The van der Waals surface area contributed by atoms with Crippen LogP contribution in [0.25, 0.3) is 11.3 Å². The lowest BCUT2D eigenvalue weighted by atomic mass is 10.1. The molecule has 0 aliphatic carbocycles. The predicted molar refractivity (Wildman–Crippen MR) is 125 cm³/mol. The van der Waals surface area contributed by atoms with E-state index in [-0.39, 0.29) is 18.5 Å². The molecule has 0 radical (unpaired) electrons. The number of nitrogens with one attached hydrogen (secondary N) is 2. The van der Waals surface area contributed by atoms with Gasteiger partial charge >= 0.3 is 6.09 Å². The Morgan fingerprint density at radius 2 is 1.94 bits per heavy atom. The molecule has 0 spiro atoms. The number of nitrogens with zero attached hydrogens (tertiary/aromatic N) is 3. The lowest BCUT2D eigenvalue weighted by molar-refractivity contribution is 0.0520. The van der Waals surface area contributed by atoms with Crippen LogP contribution in [0.1, 0.15) is 40.9 Å². The van der Waals surface area contributed by atoms with Crippen LogP contribution in [0.2, 0.25) is 0 Å². The Bertz CT molecular complexity index is 1070. The van der Waals surface area contributed by atoms with Gasteiger partial charge in [0.25, 0.3) is 5.91 Å². The fourth-order valence-electron chi connectivity index (χ4n) is 3.23. The van der Waals surface area contributed by atoms with Gasteiger partial charge in [0.2, 0.25) is 0 Å². The van der Waals surface area contributed by atoms with Crippen LogP contribution in [0.4, 0.5) is 4.79 Å². The second-order valence-electron chi connectivity index (χ2n) is 8.57. The van der Waals surface area contributed by atoms with Crippen molar-refractivity contribution >= 4 is 23.3 Å². The van der Waals surface area contributed by atoms with Crippen molar-refractivity contribution in [2.75, 3.05) is 6.54 Å². The summed E-state index contributed by atoms with van der Waals surface area (Å²) in [6, 6.07) is 11.4. The molecule has 2 heterocycles. The standard InChI is InChI=1S/C23H29N5O3S/c1-15-18(19-14-25-27-28(19)5)12-20(32-15)21(29)26-17(11-16-9-7-6-8-10-16)13-24-22(30)31-23(2,3)4/h6-10,12,14,17H,11,13H2,1-5H3,(H,24,30)(H,26,29)/t17-/m0/s1. The summed E-state index contributed by atoms with van der Waals surface area (Å²) >= 11 is 1.42. The highest BCUT2D eigenvalue weighted by molar-refractivity contribution is 7.14. The van der Waals surface area contributed by atoms with Crippen molar-refractivity contribution in [3.63, 3.8) is 0 Å². The average Bonchev–Trinajstić information content (AvgIpc) is 3.30. The van der Waals surface area contributed by atoms with Crippen molar-refractivity contribution in [3.05, 3.63) is 57.9 Å². The Morgan fingerprint density at radius 1 is 1.22 bits per heavy atom. The van der Waals surface area contributed by atoms with Crippen molar-refractivity contribution in [2.45, 2.75) is 45.8 Å². The third kappa shape index (κ3) is 6.40. The van der Waals surface area contributed by atoms with E-state index in [1.807, 2.05) is 71.1 Å². The molecule has 9 heteroatoms. The largest absolute Gasteiger partial charge is 0.444 e. The summed E-state index contributed by atoms with van der Waals surface area (Å²) in [6.07, 6.45) is 1.74. The molecule has 1 atom stereocenters. The number of carbonyl (C=O) groups excluding carboxylic acids is 2. The fourth-order valence-corrected chi connectivity index (χ4v) is 4.16. The molecule has 3 rings (SSSR count). The number of aromatic nitrogens is 3. The van der Waals surface area contributed by atoms with E-state index in [4.69, 9.17) is 4.74 Å². The molecule has 0 unspecified atom stereocenters. The molecular weight excluding hydrogens is 426 g/mol. The maximum absolute atomic E-state index is 13.1. The number of rotatable bonds is 7. The second kappa shape index (κ2) is 9.95. The average molecular weight is 456 g/mol. The highest BCUT2D eigenvalue weighted by atomic mass is 32.1. The minimum atomic E-state index is -0.589. The number of amides is 2. The second-order valence-corrected chi connectivity index (χ2v) is 9.82. The molecule has 1 aromatic carbocycles. The summed E-state index contributed by atoms with van der Waals surface area (Å²) in [4.78, 5) is 26.8. The van der Waals surface area contributed by atoms with Gasteiger partial charge in [-0.25, -0.2) is 9.48 Å². The van der Waals surface area contributed by atoms with Crippen molar-refractivity contribution in [1.82, 2.24) is 25.6 Å². The normalized spacial score (nSPS) is 12.3. The van der Waals surface area contributed by atoms with E-state index in [0.29, 0.717) is 11.3 Å². The van der Waals surface area contributed by atoms with Gasteiger partial charge in [-0.2, -0.15) is 0 Å². The molecule has 0 bridgehead atoms. The zero-order chi connectivity index (χ0) is 23.3. The minimum Gasteiger partial charge on any atom is -0.444 e. The van der Waals surface area contributed by atoms with Crippen molar-refractivity contribution in [1.29, 1.82) is 0 Å². The molecule has 8 nitrogen and oxygen atoms in total. The van der Waals surface area contributed by atoms with E-state index in [1.54, 1.807) is 10.9 Å². The van der Waals surface area contributed by atoms with Crippen molar-refractivity contribution in [2.24, 2.45) is 7.05 Å². The maximum atomic E-state index is 13.1. The molecule has 0 aliphatic rings. The molecule has 0 saturated heterocycles. The van der Waals surface area contributed by atoms with Crippen molar-refractivity contribution in [3.8, 4) is 11.3 Å². The molecule has 3 aromatic rings. The van der Waals surface area contributed by atoms with Crippen LogP contribution in [0.15, 0.2) is 42.6 Å². The van der Waals surface area contributed by atoms with E-state index in [0.717, 1.165) is 21.7 Å². The topological polar surface area (TPSA) is 98.1 Å². The Hall–Kier alpha value is -3.20. The SMILES string of the molecule is Cc1sc(C(=O)N[C@H](CNC(=O)OC(C)(C)C)Cc2ccccc2)cc1-c1cnnn1C. The lowest BCUT2D eigenvalue weighted by Gasteiger charge is -2.22. The van der Waals surface area contributed by atoms with Gasteiger partial charge in [-0.3, -0.25) is 4.79 Å². The summed E-state index contributed by atoms with van der Waals surface area (Å²) in [6.45, 7) is 7.65. The van der Waals surface area contributed by atoms with Gasteiger partial charge in [0.1, 0.15) is 5.60 Å². The molecule has 0 saturated carbocycles. The Kier molecular flexibility index (Phi) is 7.29. The number of aryl methyl sites for hydroxylation is 2. The number of ether oxygens (including phenoxy) is 1. The minimum absolute atomic E-state index is 0.189. The monoisotopic (exact) mass is 455 g/mol. The number of hydrogen-bond donors (Lipinski definition) is 2. The first-order valence-electron chi connectivity index (χ1n) is 10.4. The lowest BCUT2D eigenvalue weighted by Crippen LogP contribution is -2.45. The quantitative estimate of drug-likeness (QED) is 0.566. The van der Waals surface area contributed by atoms with Gasteiger partial charge in [0.05, 0.1) is 22.8 Å². The Labute approximate surface area is 192 Å². The molecular formula is C23H29N5O3S. The molecule has 0 fully saturated rings. The first kappa shape index (κ1) is 23.5. The molecule has 170 valence electrons. The Balaban J connectivity index is 1.73. The van der Waals surface area contributed by atoms with E-state index in [1.165, 1.54) is 11.3 Å². The summed E-state index contributed by atoms with van der Waals surface area (Å²) in [5.41, 5.74) is 2.26. The zero-order valence-corrected chi connectivity index (χ0v) is 19.8. The summed E-state index contributed by atoms with van der Waals surface area (Å²) in [5, 5.41) is 13.7. The summed E-state index contributed by atoms with van der Waals surface area (Å²) in [5.74, 6) is -0.189. The van der Waals surface area contributed by atoms with Crippen LogP contribution in [-0.4, -0.2) is 45.2 Å². The number of thiophene rings is 1. The van der Waals surface area contributed by atoms with Gasteiger partial charge < -0.3 is 15.4 Å². The van der Waals surface area contributed by atoms with E-state index in [2.05, 4.69) is 20.9 Å². The molecule has 2 amide bonds. The van der Waals surface area contributed by atoms with Gasteiger partial charge in [0.15, 0.2) is 0 Å². The fraction of sp³-hybridized carbons (Fsp3) is 0.391. The third-order valence-corrected chi connectivity index (χ3v) is 5.73. The van der Waals surface area contributed by atoms with Gasteiger partial charge in [-0.05, 0) is 45.7 Å². The van der Waals surface area contributed by atoms with Crippen LogP contribution in [0.5, 0.6) is 0 Å². The van der Waals surface area contributed by atoms with Crippen LogP contribution < -0.4 is 10.6 Å². The van der Waals surface area contributed by atoms with Gasteiger partial charge in [-0.1, -0.05) is 35.5 Å². The first-order valence-corrected chi connectivity index (χ1v) is 11.2. The van der Waals surface area contributed by atoms with Gasteiger partial charge in [-0.15, -0.1) is 16.4 Å². The molecule has 2 N–H and O–H groups in total. The Morgan fingerprint density at radius 3 is 2.56 bits per heavy atom. The third-order valence-electron chi connectivity index (χ3n) is 4.68. The summed E-state index contributed by atoms with van der Waals surface area (Å²) < 4.78 is 7.00. The van der Waals surface area contributed by atoms with E-state index >= 15 is 0 Å². The maximum Gasteiger partial charge on any atom is 0.407 e. The van der Waals surface area contributed by atoms with E-state index in [9.17, 15) is 9.59 Å². The number of alkyl carbamates (subject to hydrolysis) is 1. The smallest absolute Gasteiger partial charge is 0.407 e.